The first-order valence-corrected chi connectivity index (χ1v) is 11.2. The fourth-order valence-corrected chi connectivity index (χ4v) is 3.64. The van der Waals surface area contributed by atoms with Crippen LogP contribution in [-0.2, 0) is 6.61 Å². The van der Waals surface area contributed by atoms with Crippen LogP contribution in [0.25, 0.3) is 5.95 Å². The topological polar surface area (TPSA) is 131 Å². The second-order valence-corrected chi connectivity index (χ2v) is 8.19. The fourth-order valence-electron chi connectivity index (χ4n) is 3.16. The van der Waals surface area contributed by atoms with Crippen molar-refractivity contribution in [2.75, 3.05) is 5.32 Å². The average Bonchev–Trinajstić information content (AvgIpc) is 3.36. The van der Waals surface area contributed by atoms with Gasteiger partial charge in [0.2, 0.25) is 0 Å². The number of carbonyl (C=O) groups excluding carboxylic acids is 1. The molecule has 2 amide bonds. The molecule has 0 fully saturated rings. The fraction of sp³-hybridized carbons (Fsp3) is 0.130. The van der Waals surface area contributed by atoms with Crippen LogP contribution in [-0.4, -0.2) is 30.8 Å². The van der Waals surface area contributed by atoms with E-state index in [1.54, 1.807) is 37.5 Å². The number of benzene rings is 2. The van der Waals surface area contributed by atoms with Crippen LogP contribution in [0.5, 0.6) is 5.75 Å². The molecule has 0 aliphatic heterocycles. The second kappa shape index (κ2) is 11.0. The van der Waals surface area contributed by atoms with E-state index >= 15 is 0 Å². The smallest absolute Gasteiger partial charge is 0.319 e. The molecule has 182 valence electrons. The number of nitrogens with zero attached hydrogens (tertiary/aromatic N) is 6. The largest absolute Gasteiger partial charge is 0.487 e. The van der Waals surface area contributed by atoms with Crippen molar-refractivity contribution in [2.45, 2.75) is 19.6 Å². The van der Waals surface area contributed by atoms with E-state index < -0.39 is 17.9 Å². The van der Waals surface area contributed by atoms with Crippen molar-refractivity contribution in [1.82, 2.24) is 30.0 Å². The van der Waals surface area contributed by atoms with Gasteiger partial charge in [-0.05, 0) is 36.8 Å². The van der Waals surface area contributed by atoms with E-state index in [0.29, 0.717) is 17.3 Å². The normalized spacial score (nSPS) is 11.4. The Kier molecular flexibility index (Phi) is 7.58. The van der Waals surface area contributed by atoms with Gasteiger partial charge in [0.25, 0.3) is 5.95 Å². The lowest BCUT2D eigenvalue weighted by molar-refractivity contribution is 0.248. The maximum atomic E-state index is 13.9. The third-order valence-electron chi connectivity index (χ3n) is 4.87. The Morgan fingerprint density at radius 1 is 1.19 bits per heavy atom. The summed E-state index contributed by atoms with van der Waals surface area (Å²) in [4.78, 5) is 25.1. The highest BCUT2D eigenvalue weighted by atomic mass is 35.5. The van der Waals surface area contributed by atoms with Crippen LogP contribution in [0.4, 0.5) is 14.9 Å². The molecule has 13 heteroatoms. The summed E-state index contributed by atoms with van der Waals surface area (Å²) in [6.07, 6.45) is 4.47. The number of aromatic nitrogens is 5. The molecule has 0 spiro atoms. The summed E-state index contributed by atoms with van der Waals surface area (Å²) in [6.45, 7) is 1.70. The van der Waals surface area contributed by atoms with Crippen molar-refractivity contribution in [3.8, 4) is 17.8 Å². The number of rotatable bonds is 7. The van der Waals surface area contributed by atoms with Crippen LogP contribution in [0.1, 0.15) is 29.9 Å². The van der Waals surface area contributed by atoms with Gasteiger partial charge in [0.15, 0.2) is 5.82 Å². The van der Waals surface area contributed by atoms with Gasteiger partial charge in [-0.2, -0.15) is 15.0 Å². The Morgan fingerprint density at radius 2 is 1.97 bits per heavy atom. The lowest BCUT2D eigenvalue weighted by Gasteiger charge is -2.16. The monoisotopic (exact) mass is 526 g/mol. The zero-order chi connectivity index (χ0) is 25.7. The Morgan fingerprint density at radius 3 is 2.69 bits per heavy atom. The van der Waals surface area contributed by atoms with Crippen LogP contribution >= 0.6 is 23.2 Å². The molecule has 2 heterocycles. The van der Waals surface area contributed by atoms with Crippen molar-refractivity contribution < 1.29 is 13.9 Å². The summed E-state index contributed by atoms with van der Waals surface area (Å²) >= 11 is 12.5. The molecule has 0 saturated heterocycles. The number of urea groups is 1. The maximum absolute atomic E-state index is 13.9. The van der Waals surface area contributed by atoms with Crippen LogP contribution in [0, 0.1) is 17.1 Å². The molecule has 2 aromatic heterocycles. The van der Waals surface area contributed by atoms with Gasteiger partial charge in [0.05, 0.1) is 27.3 Å². The average molecular weight is 527 g/mol. The number of carbonyl (C=O) groups is 1. The first-order chi connectivity index (χ1) is 17.4. The van der Waals surface area contributed by atoms with E-state index in [1.165, 1.54) is 35.3 Å². The molecule has 0 unspecified atom stereocenters. The van der Waals surface area contributed by atoms with Gasteiger partial charge in [-0.1, -0.05) is 29.3 Å². The minimum absolute atomic E-state index is 0.0239. The Labute approximate surface area is 214 Å². The minimum Gasteiger partial charge on any atom is -0.487 e. The number of amides is 2. The molecular formula is C23H17Cl2FN8O2. The number of ether oxygens (including phenoxy) is 1. The summed E-state index contributed by atoms with van der Waals surface area (Å²) in [5.74, 6) is 0.291. The zero-order valence-corrected chi connectivity index (χ0v) is 20.1. The van der Waals surface area contributed by atoms with Gasteiger partial charge in [-0.15, -0.1) is 0 Å². The van der Waals surface area contributed by atoms with Gasteiger partial charge in [-0.25, -0.2) is 24.1 Å². The van der Waals surface area contributed by atoms with Crippen LogP contribution in [0.3, 0.4) is 0 Å². The van der Waals surface area contributed by atoms with Crippen molar-refractivity contribution in [3.05, 3.63) is 87.9 Å². The molecule has 36 heavy (non-hydrogen) atoms. The number of anilines is 1. The first-order valence-electron chi connectivity index (χ1n) is 10.4. The molecule has 0 radical (unpaired) electrons. The van der Waals surface area contributed by atoms with E-state index in [0.717, 1.165) is 0 Å². The number of nitriles is 1. The number of hydrogen-bond donors (Lipinski definition) is 2. The highest BCUT2D eigenvalue weighted by Gasteiger charge is 2.19. The maximum Gasteiger partial charge on any atom is 0.319 e. The van der Waals surface area contributed by atoms with Gasteiger partial charge in [-0.3, -0.25) is 0 Å². The number of halogens is 3. The third kappa shape index (κ3) is 5.68. The molecular weight excluding hydrogens is 510 g/mol. The van der Waals surface area contributed by atoms with Crippen LogP contribution < -0.4 is 15.4 Å². The molecule has 0 saturated carbocycles. The highest BCUT2D eigenvalue weighted by molar-refractivity contribution is 6.37. The van der Waals surface area contributed by atoms with E-state index in [1.807, 2.05) is 0 Å². The number of hydrogen-bond acceptors (Lipinski definition) is 7. The highest BCUT2D eigenvalue weighted by Crippen LogP contribution is 2.35. The molecule has 4 rings (SSSR count). The summed E-state index contributed by atoms with van der Waals surface area (Å²) < 4.78 is 21.0. The molecule has 1 atom stereocenters. The third-order valence-corrected chi connectivity index (χ3v) is 5.48. The van der Waals surface area contributed by atoms with E-state index in [9.17, 15) is 9.18 Å². The second-order valence-electron chi connectivity index (χ2n) is 7.38. The Hall–Kier alpha value is -4.27. The van der Waals surface area contributed by atoms with Crippen LogP contribution in [0.15, 0.2) is 55.1 Å². The Balaban J connectivity index is 1.44. The SMILES string of the molecule is C[C@H](NC(=O)Nc1cc(OCc2ccc(C#N)c(F)c2)c(Cl)cc1Cl)c1ncnn1-c1ncccn1. The van der Waals surface area contributed by atoms with Crippen molar-refractivity contribution in [3.63, 3.8) is 0 Å². The number of nitrogens with one attached hydrogen (secondary N) is 2. The molecule has 0 bridgehead atoms. The van der Waals surface area contributed by atoms with Crippen molar-refractivity contribution >= 4 is 34.9 Å². The molecule has 0 aliphatic carbocycles. The van der Waals surface area contributed by atoms with Gasteiger partial charge < -0.3 is 15.4 Å². The predicted molar refractivity (Wildman–Crippen MR) is 129 cm³/mol. The lowest BCUT2D eigenvalue weighted by Crippen LogP contribution is -2.32. The van der Waals surface area contributed by atoms with Gasteiger partial charge >= 0.3 is 6.03 Å². The molecule has 4 aromatic rings. The molecule has 0 aliphatic rings. The zero-order valence-electron chi connectivity index (χ0n) is 18.6. The minimum atomic E-state index is -0.649. The predicted octanol–water partition coefficient (Wildman–Crippen LogP) is 4.84. The van der Waals surface area contributed by atoms with Crippen molar-refractivity contribution in [1.29, 1.82) is 5.26 Å². The molecule has 10 nitrogen and oxygen atoms in total. The molecule has 2 N–H and O–H groups in total. The van der Waals surface area contributed by atoms with E-state index in [-0.39, 0.29) is 33.7 Å². The van der Waals surface area contributed by atoms with Crippen molar-refractivity contribution in [2.24, 2.45) is 0 Å². The standard InChI is InChI=1S/C23H17Cl2FN8O2/c1-13(21-30-12-31-34(21)22-28-5-2-6-29-22)32-23(35)33-19-9-20(17(25)8-16(19)24)36-11-14-3-4-15(10-27)18(26)7-14/h2-9,12-13H,11H2,1H3,(H2,32,33,35)/t13-/m0/s1. The summed E-state index contributed by atoms with van der Waals surface area (Å²) in [5, 5.41) is 18.7. The lowest BCUT2D eigenvalue weighted by atomic mass is 10.1. The molecule has 2 aromatic carbocycles. The van der Waals surface area contributed by atoms with E-state index in [4.69, 9.17) is 33.2 Å². The summed E-state index contributed by atoms with van der Waals surface area (Å²) in [5.41, 5.74) is 0.661. The first kappa shape index (κ1) is 24.8. The van der Waals surface area contributed by atoms with Gasteiger partial charge in [0, 0.05) is 18.5 Å². The van der Waals surface area contributed by atoms with E-state index in [2.05, 4.69) is 30.7 Å². The van der Waals surface area contributed by atoms with Crippen LogP contribution in [0.2, 0.25) is 10.0 Å². The Bertz CT molecular complexity index is 1440. The van der Waals surface area contributed by atoms with Gasteiger partial charge in [0.1, 0.15) is 30.6 Å². The summed E-state index contributed by atoms with van der Waals surface area (Å²) in [6, 6.07) is 9.30. The quantitative estimate of drug-likeness (QED) is 0.352. The summed E-state index contributed by atoms with van der Waals surface area (Å²) in [7, 11) is 0.